The molecule has 0 aliphatic rings. The Labute approximate surface area is 123 Å². The number of rotatable bonds is 7. The zero-order valence-electron chi connectivity index (χ0n) is 10.4. The van der Waals surface area contributed by atoms with E-state index < -0.39 is 9.84 Å². The molecule has 0 N–H and O–H groups in total. The lowest BCUT2D eigenvalue weighted by Crippen LogP contribution is -2.10. The zero-order chi connectivity index (χ0) is 13.6. The minimum absolute atomic E-state index is 0.219. The highest BCUT2D eigenvalue weighted by Gasteiger charge is 2.13. The van der Waals surface area contributed by atoms with Crippen LogP contribution in [0, 0.1) is 0 Å². The molecule has 1 unspecified atom stereocenters. The summed E-state index contributed by atoms with van der Waals surface area (Å²) in [5.74, 6) is 1.23. The number of hydrogen-bond acceptors (Lipinski definition) is 2. The molecular formula is C13H18BrClO2S. The van der Waals surface area contributed by atoms with Crippen molar-refractivity contribution in [2.75, 3.05) is 17.4 Å². The first kappa shape index (κ1) is 16.0. The van der Waals surface area contributed by atoms with E-state index in [9.17, 15) is 8.42 Å². The van der Waals surface area contributed by atoms with Crippen molar-refractivity contribution in [2.45, 2.75) is 25.7 Å². The van der Waals surface area contributed by atoms with Crippen LogP contribution < -0.4 is 0 Å². The van der Waals surface area contributed by atoms with E-state index in [4.69, 9.17) is 11.6 Å². The fourth-order valence-electron chi connectivity index (χ4n) is 1.76. The Morgan fingerprint density at radius 3 is 2.39 bits per heavy atom. The normalized spacial score (nSPS) is 13.5. The molecule has 1 aromatic rings. The molecule has 0 saturated heterocycles. The van der Waals surface area contributed by atoms with Crippen molar-refractivity contribution in [3.63, 3.8) is 0 Å². The topological polar surface area (TPSA) is 34.1 Å². The molecule has 0 aliphatic carbocycles. The molecule has 1 rings (SSSR count). The maximum atomic E-state index is 11.4. The molecule has 0 fully saturated rings. The maximum absolute atomic E-state index is 11.4. The van der Waals surface area contributed by atoms with Gasteiger partial charge in [-0.1, -0.05) is 35.0 Å². The summed E-state index contributed by atoms with van der Waals surface area (Å²) < 4.78 is 23.9. The highest BCUT2D eigenvalue weighted by Crippen LogP contribution is 2.24. The van der Waals surface area contributed by atoms with Crippen LogP contribution in [0.25, 0.3) is 0 Å². The van der Waals surface area contributed by atoms with E-state index in [-0.39, 0.29) is 17.4 Å². The first-order chi connectivity index (χ1) is 8.48. The highest BCUT2D eigenvalue weighted by atomic mass is 79.9. The van der Waals surface area contributed by atoms with E-state index in [1.165, 1.54) is 5.56 Å². The molecular weight excluding hydrogens is 336 g/mol. The van der Waals surface area contributed by atoms with Crippen molar-refractivity contribution in [3.05, 3.63) is 34.3 Å². The molecule has 0 aromatic heterocycles. The highest BCUT2D eigenvalue weighted by molar-refractivity contribution is 9.10. The second-order valence-electron chi connectivity index (χ2n) is 4.28. The first-order valence-corrected chi connectivity index (χ1v) is 9.15. The predicted octanol–water partition coefficient (Wildman–Crippen LogP) is 3.99. The van der Waals surface area contributed by atoms with Crippen molar-refractivity contribution in [3.8, 4) is 0 Å². The summed E-state index contributed by atoms with van der Waals surface area (Å²) in [7, 11) is -2.86. The molecule has 5 heteroatoms. The fraction of sp³-hybridized carbons (Fsp3) is 0.538. The van der Waals surface area contributed by atoms with Crippen LogP contribution in [0.3, 0.4) is 0 Å². The van der Waals surface area contributed by atoms with Gasteiger partial charge < -0.3 is 0 Å². The van der Waals surface area contributed by atoms with E-state index in [0.717, 1.165) is 10.9 Å². The molecule has 1 aromatic carbocycles. The molecule has 0 radical (unpaired) electrons. The van der Waals surface area contributed by atoms with Gasteiger partial charge in [0.2, 0.25) is 0 Å². The van der Waals surface area contributed by atoms with E-state index in [1.807, 2.05) is 24.3 Å². The largest absolute Gasteiger partial charge is 0.229 e. The summed E-state index contributed by atoms with van der Waals surface area (Å²) in [6, 6.07) is 8.03. The molecule has 18 heavy (non-hydrogen) atoms. The van der Waals surface area contributed by atoms with Gasteiger partial charge in [0.1, 0.15) is 9.84 Å². The molecule has 0 saturated carbocycles. The third kappa shape index (κ3) is 5.29. The maximum Gasteiger partial charge on any atom is 0.150 e. The van der Waals surface area contributed by atoms with Crippen LogP contribution in [-0.4, -0.2) is 25.8 Å². The molecule has 0 amide bonds. The van der Waals surface area contributed by atoms with E-state index in [0.29, 0.717) is 12.3 Å². The van der Waals surface area contributed by atoms with E-state index >= 15 is 0 Å². The smallest absolute Gasteiger partial charge is 0.150 e. The van der Waals surface area contributed by atoms with Gasteiger partial charge in [0.05, 0.1) is 5.75 Å². The minimum atomic E-state index is -2.86. The van der Waals surface area contributed by atoms with Crippen LogP contribution in [0.15, 0.2) is 28.7 Å². The average Bonchev–Trinajstić information content (AvgIpc) is 2.36. The van der Waals surface area contributed by atoms with Crippen LogP contribution in [0.5, 0.6) is 0 Å². The average molecular weight is 354 g/mol. The third-order valence-electron chi connectivity index (χ3n) is 2.98. The molecule has 102 valence electrons. The summed E-state index contributed by atoms with van der Waals surface area (Å²) in [6.07, 6.45) is 1.48. The summed E-state index contributed by atoms with van der Waals surface area (Å²) in [5.41, 5.74) is 1.17. The van der Waals surface area contributed by atoms with Gasteiger partial charge >= 0.3 is 0 Å². The van der Waals surface area contributed by atoms with Gasteiger partial charge in [0.25, 0.3) is 0 Å². The van der Waals surface area contributed by atoms with Gasteiger partial charge in [-0.05, 0) is 36.5 Å². The lowest BCUT2D eigenvalue weighted by Gasteiger charge is -2.14. The SMILES string of the molecule is CCS(=O)(=O)CCCC(CCl)c1ccc(Br)cc1. The van der Waals surface area contributed by atoms with E-state index in [1.54, 1.807) is 6.92 Å². The summed E-state index contributed by atoms with van der Waals surface area (Å²) in [4.78, 5) is 0. The standard InChI is InChI=1S/C13H18BrClO2S/c1-2-18(16,17)9-3-4-12(10-15)11-5-7-13(14)8-6-11/h5-8,12H,2-4,9-10H2,1H3. The van der Waals surface area contributed by atoms with Gasteiger partial charge in [0.15, 0.2) is 0 Å². The summed E-state index contributed by atoms with van der Waals surface area (Å²) in [5, 5.41) is 0. The number of hydrogen-bond donors (Lipinski definition) is 0. The second-order valence-corrected chi connectivity index (χ2v) is 7.98. The Kier molecular flexibility index (Phi) is 6.67. The summed E-state index contributed by atoms with van der Waals surface area (Å²) in [6.45, 7) is 1.68. The molecule has 0 heterocycles. The predicted molar refractivity (Wildman–Crippen MR) is 81.2 cm³/mol. The van der Waals surface area contributed by atoms with Gasteiger partial charge in [-0.15, -0.1) is 11.6 Å². The second kappa shape index (κ2) is 7.51. The number of halogens is 2. The van der Waals surface area contributed by atoms with Gasteiger partial charge in [-0.25, -0.2) is 8.42 Å². The Balaban J connectivity index is 2.55. The molecule has 0 bridgehead atoms. The Hall–Kier alpha value is -0.0600. The van der Waals surface area contributed by atoms with Crippen LogP contribution in [-0.2, 0) is 9.84 Å². The van der Waals surface area contributed by atoms with Gasteiger partial charge in [0, 0.05) is 16.1 Å². The molecule has 2 nitrogen and oxygen atoms in total. The lowest BCUT2D eigenvalue weighted by atomic mass is 9.96. The third-order valence-corrected chi connectivity index (χ3v) is 5.67. The van der Waals surface area contributed by atoms with Crippen LogP contribution in [0.2, 0.25) is 0 Å². The minimum Gasteiger partial charge on any atom is -0.229 e. The number of alkyl halides is 1. The van der Waals surface area contributed by atoms with Gasteiger partial charge in [-0.2, -0.15) is 0 Å². The first-order valence-electron chi connectivity index (χ1n) is 6.00. The Morgan fingerprint density at radius 2 is 1.89 bits per heavy atom. The van der Waals surface area contributed by atoms with Crippen molar-refractivity contribution in [1.29, 1.82) is 0 Å². The van der Waals surface area contributed by atoms with Crippen LogP contribution in [0.4, 0.5) is 0 Å². The monoisotopic (exact) mass is 352 g/mol. The van der Waals surface area contributed by atoms with Gasteiger partial charge in [-0.3, -0.25) is 0 Å². The zero-order valence-corrected chi connectivity index (χ0v) is 13.6. The van der Waals surface area contributed by atoms with Crippen molar-refractivity contribution < 1.29 is 8.42 Å². The molecule has 0 spiro atoms. The molecule has 0 aliphatic heterocycles. The van der Waals surface area contributed by atoms with Crippen molar-refractivity contribution in [1.82, 2.24) is 0 Å². The van der Waals surface area contributed by atoms with Crippen molar-refractivity contribution in [2.24, 2.45) is 0 Å². The Morgan fingerprint density at radius 1 is 1.28 bits per heavy atom. The number of benzene rings is 1. The lowest BCUT2D eigenvalue weighted by molar-refractivity contribution is 0.587. The van der Waals surface area contributed by atoms with Crippen LogP contribution >= 0.6 is 27.5 Å². The Bertz CT molecular complexity index is 456. The summed E-state index contributed by atoms with van der Waals surface area (Å²) >= 11 is 9.36. The fourth-order valence-corrected chi connectivity index (χ4v) is 3.25. The van der Waals surface area contributed by atoms with Crippen LogP contribution in [0.1, 0.15) is 31.2 Å². The van der Waals surface area contributed by atoms with Crippen molar-refractivity contribution >= 4 is 37.4 Å². The van der Waals surface area contributed by atoms with E-state index in [2.05, 4.69) is 15.9 Å². The quantitative estimate of drug-likeness (QED) is 0.695. The molecule has 1 atom stereocenters. The number of sulfone groups is 1.